The van der Waals surface area contributed by atoms with Crippen molar-refractivity contribution in [1.29, 1.82) is 0 Å². The van der Waals surface area contributed by atoms with Gasteiger partial charge in [-0.05, 0) is 25.8 Å². The predicted molar refractivity (Wildman–Crippen MR) is 52.1 cm³/mol. The van der Waals surface area contributed by atoms with E-state index in [2.05, 4.69) is 4.90 Å². The van der Waals surface area contributed by atoms with Crippen molar-refractivity contribution in [1.82, 2.24) is 4.90 Å². The fourth-order valence-corrected chi connectivity index (χ4v) is 1.96. The van der Waals surface area contributed by atoms with Gasteiger partial charge < -0.3 is 11.5 Å². The van der Waals surface area contributed by atoms with Crippen LogP contribution >= 0.6 is 0 Å². The molecule has 13 heavy (non-hydrogen) atoms. The molecule has 0 aliphatic carbocycles. The Morgan fingerprint density at radius 2 is 2.38 bits per heavy atom. The van der Waals surface area contributed by atoms with Gasteiger partial charge in [0.25, 0.3) is 0 Å². The number of hydrogen-bond acceptors (Lipinski definition) is 3. The van der Waals surface area contributed by atoms with E-state index >= 15 is 0 Å². The van der Waals surface area contributed by atoms with Crippen molar-refractivity contribution in [2.45, 2.75) is 38.3 Å². The van der Waals surface area contributed by atoms with E-state index in [1.54, 1.807) is 0 Å². The van der Waals surface area contributed by atoms with Crippen molar-refractivity contribution in [3.8, 4) is 0 Å². The second-order valence-corrected chi connectivity index (χ2v) is 3.72. The summed E-state index contributed by atoms with van der Waals surface area (Å²) < 4.78 is 0. The Morgan fingerprint density at radius 3 is 2.85 bits per heavy atom. The van der Waals surface area contributed by atoms with Crippen LogP contribution < -0.4 is 11.5 Å². The number of nitrogens with zero attached hydrogens (tertiary/aromatic N) is 1. The molecule has 1 saturated heterocycles. The van der Waals surface area contributed by atoms with Gasteiger partial charge in [-0.25, -0.2) is 0 Å². The van der Waals surface area contributed by atoms with Gasteiger partial charge in [0.05, 0.1) is 6.04 Å². The van der Waals surface area contributed by atoms with E-state index in [1.807, 2.05) is 6.92 Å². The van der Waals surface area contributed by atoms with Crippen LogP contribution in [-0.2, 0) is 4.79 Å². The van der Waals surface area contributed by atoms with Crippen LogP contribution in [0, 0.1) is 0 Å². The third-order valence-corrected chi connectivity index (χ3v) is 2.65. The molecule has 76 valence electrons. The van der Waals surface area contributed by atoms with E-state index in [-0.39, 0.29) is 18.0 Å². The van der Waals surface area contributed by atoms with Crippen molar-refractivity contribution in [3.05, 3.63) is 0 Å². The summed E-state index contributed by atoms with van der Waals surface area (Å²) in [6.45, 7) is 3.74. The van der Waals surface area contributed by atoms with Crippen LogP contribution in [0.15, 0.2) is 0 Å². The summed E-state index contributed by atoms with van der Waals surface area (Å²) in [5.41, 5.74) is 11.1. The molecule has 0 spiro atoms. The summed E-state index contributed by atoms with van der Waals surface area (Å²) in [4.78, 5) is 13.2. The molecular formula is C9H19N3O. The molecule has 0 aromatic carbocycles. The van der Waals surface area contributed by atoms with E-state index < -0.39 is 0 Å². The molecule has 4 nitrogen and oxygen atoms in total. The van der Waals surface area contributed by atoms with Crippen LogP contribution in [0.5, 0.6) is 0 Å². The van der Waals surface area contributed by atoms with Crippen LogP contribution in [0.4, 0.5) is 0 Å². The molecule has 1 aliphatic rings. The molecule has 4 N–H and O–H groups in total. The molecule has 1 amide bonds. The molecular weight excluding hydrogens is 166 g/mol. The highest BCUT2D eigenvalue weighted by atomic mass is 16.1. The quantitative estimate of drug-likeness (QED) is 0.632. The summed E-state index contributed by atoms with van der Waals surface area (Å²) in [7, 11) is 0. The van der Waals surface area contributed by atoms with Crippen molar-refractivity contribution >= 4 is 5.91 Å². The molecule has 1 aliphatic heterocycles. The lowest BCUT2D eigenvalue weighted by Gasteiger charge is -2.35. The molecule has 2 atom stereocenters. The van der Waals surface area contributed by atoms with Gasteiger partial charge in [0.15, 0.2) is 0 Å². The molecule has 4 heteroatoms. The first-order valence-electron chi connectivity index (χ1n) is 4.94. The van der Waals surface area contributed by atoms with Crippen molar-refractivity contribution in [3.63, 3.8) is 0 Å². The molecule has 0 bridgehead atoms. The first-order chi connectivity index (χ1) is 6.15. The second kappa shape index (κ2) is 4.58. The van der Waals surface area contributed by atoms with Crippen LogP contribution in [0.1, 0.15) is 26.2 Å². The van der Waals surface area contributed by atoms with E-state index in [0.717, 1.165) is 32.4 Å². The first kappa shape index (κ1) is 10.5. The Balaban J connectivity index is 2.52. The van der Waals surface area contributed by atoms with Crippen molar-refractivity contribution < 1.29 is 4.79 Å². The van der Waals surface area contributed by atoms with E-state index in [9.17, 15) is 4.79 Å². The molecule has 0 saturated carbocycles. The minimum absolute atomic E-state index is 0.119. The number of amides is 1. The monoisotopic (exact) mass is 185 g/mol. The zero-order valence-electron chi connectivity index (χ0n) is 8.20. The third kappa shape index (κ3) is 2.67. The molecule has 0 aromatic heterocycles. The van der Waals surface area contributed by atoms with Crippen LogP contribution in [0.2, 0.25) is 0 Å². The van der Waals surface area contributed by atoms with Gasteiger partial charge in [-0.1, -0.05) is 6.92 Å². The van der Waals surface area contributed by atoms with Gasteiger partial charge >= 0.3 is 0 Å². The van der Waals surface area contributed by atoms with Gasteiger partial charge in [-0.2, -0.15) is 0 Å². The summed E-state index contributed by atoms with van der Waals surface area (Å²) >= 11 is 0. The van der Waals surface area contributed by atoms with E-state index in [0.29, 0.717) is 0 Å². The lowest BCUT2D eigenvalue weighted by molar-refractivity contribution is -0.123. The molecule has 1 heterocycles. The van der Waals surface area contributed by atoms with Crippen molar-refractivity contribution in [2.75, 3.05) is 13.1 Å². The molecule has 1 rings (SSSR count). The van der Waals surface area contributed by atoms with Crippen LogP contribution in [-0.4, -0.2) is 36.0 Å². The Labute approximate surface area is 79.3 Å². The maximum atomic E-state index is 11.1. The third-order valence-electron chi connectivity index (χ3n) is 2.65. The smallest absolute Gasteiger partial charge is 0.234 e. The predicted octanol–water partition coefficient (Wildman–Crippen LogP) is -0.327. The summed E-state index contributed by atoms with van der Waals surface area (Å²) in [5, 5.41) is 0. The summed E-state index contributed by atoms with van der Waals surface area (Å²) in [5.74, 6) is -0.225. The fraction of sp³-hybridized carbons (Fsp3) is 0.889. The highest BCUT2D eigenvalue weighted by Gasteiger charge is 2.26. The maximum Gasteiger partial charge on any atom is 0.234 e. The maximum absolute atomic E-state index is 11.1. The molecule has 0 radical (unpaired) electrons. The molecule has 1 unspecified atom stereocenters. The first-order valence-corrected chi connectivity index (χ1v) is 4.94. The zero-order valence-corrected chi connectivity index (χ0v) is 8.20. The molecule has 0 aromatic rings. The normalized spacial score (nSPS) is 27.1. The number of likely N-dealkylation sites (tertiary alicyclic amines) is 1. The number of carbonyl (C=O) groups is 1. The Bertz CT molecular complexity index is 184. The largest absolute Gasteiger partial charge is 0.368 e. The van der Waals surface area contributed by atoms with Crippen LogP contribution in [0.3, 0.4) is 0 Å². The standard InChI is InChI=1S/C9H19N3O/c1-2-8(9(11)13)12-5-3-4-7(10)6-12/h7-8H,2-6,10H2,1H3,(H2,11,13)/t7-,8?/m1/s1. The van der Waals surface area contributed by atoms with Crippen LogP contribution in [0.25, 0.3) is 0 Å². The molecule has 1 fully saturated rings. The Kier molecular flexibility index (Phi) is 3.69. The fourth-order valence-electron chi connectivity index (χ4n) is 1.96. The zero-order chi connectivity index (χ0) is 9.84. The summed E-state index contributed by atoms with van der Waals surface area (Å²) in [6, 6.07) is 0.0912. The van der Waals surface area contributed by atoms with Gasteiger partial charge in [0.2, 0.25) is 5.91 Å². The number of hydrogen-bond donors (Lipinski definition) is 2. The Morgan fingerprint density at radius 1 is 1.69 bits per heavy atom. The number of carbonyl (C=O) groups excluding carboxylic acids is 1. The van der Waals surface area contributed by atoms with Gasteiger partial charge in [0.1, 0.15) is 0 Å². The van der Waals surface area contributed by atoms with Crippen molar-refractivity contribution in [2.24, 2.45) is 11.5 Å². The number of nitrogens with two attached hydrogens (primary N) is 2. The highest BCUT2D eigenvalue weighted by molar-refractivity contribution is 5.79. The van der Waals surface area contributed by atoms with E-state index in [1.165, 1.54) is 0 Å². The topological polar surface area (TPSA) is 72.4 Å². The number of rotatable bonds is 3. The average molecular weight is 185 g/mol. The minimum atomic E-state index is -0.225. The minimum Gasteiger partial charge on any atom is -0.368 e. The SMILES string of the molecule is CCC(C(N)=O)N1CCC[C@@H](N)C1. The van der Waals surface area contributed by atoms with E-state index in [4.69, 9.17) is 11.5 Å². The van der Waals surface area contributed by atoms with Gasteiger partial charge in [-0.15, -0.1) is 0 Å². The second-order valence-electron chi connectivity index (χ2n) is 3.72. The number of primary amides is 1. The Hall–Kier alpha value is -0.610. The summed E-state index contributed by atoms with van der Waals surface area (Å²) in [6.07, 6.45) is 2.92. The lowest BCUT2D eigenvalue weighted by Crippen LogP contribution is -2.52. The van der Waals surface area contributed by atoms with Gasteiger partial charge in [-0.3, -0.25) is 9.69 Å². The van der Waals surface area contributed by atoms with Gasteiger partial charge in [0, 0.05) is 12.6 Å². The highest BCUT2D eigenvalue weighted by Crippen LogP contribution is 2.13. The lowest BCUT2D eigenvalue weighted by atomic mass is 10.0. The number of piperidine rings is 1. The average Bonchev–Trinajstić information content (AvgIpc) is 2.04.